The molecule has 2 N–H and O–H groups in total. The number of para-hydroxylation sites is 2. The topological polar surface area (TPSA) is 112 Å². The van der Waals surface area contributed by atoms with Crippen LogP contribution in [0.25, 0.3) is 77.2 Å². The number of phosphoric acid groups is 2. The molecule has 8 aromatic rings. The van der Waals surface area contributed by atoms with Crippen LogP contribution in [0.2, 0.25) is 0 Å². The molecule has 0 bridgehead atoms. The standard InChI is InChI=1S/C62H64O8P2/c1-33(2)41-29-49(35(5)6)55(50(30-41)36(7)8)47-25-17-23-45-53-27-39-19-13-15-21-43(39)57(61(53)69-71(63,64)67-59(45)47)58-44-22-16-14-20-40(44)28-54-46-24-18-26-48(60(46)68-72(65,66)70-62(54)58)56-51(37(9)10)31-42(34(3)4)32-52(56)38(11)12/h13-38H,1-12H3,(H,63,64)(H,65,66). The molecule has 0 spiro atoms. The molecule has 0 saturated heterocycles. The van der Waals surface area contributed by atoms with Gasteiger partial charge in [-0.1, -0.05) is 192 Å². The largest absolute Gasteiger partial charge is 0.584 e. The third-order valence-electron chi connectivity index (χ3n) is 14.5. The highest BCUT2D eigenvalue weighted by Gasteiger charge is 2.41. The van der Waals surface area contributed by atoms with E-state index in [4.69, 9.17) is 18.1 Å². The summed E-state index contributed by atoms with van der Waals surface area (Å²) in [6, 6.07) is 40.1. The lowest BCUT2D eigenvalue weighted by Crippen LogP contribution is -2.05. The summed E-state index contributed by atoms with van der Waals surface area (Å²) in [5, 5.41) is 2.90. The van der Waals surface area contributed by atoms with E-state index in [2.05, 4.69) is 107 Å². The monoisotopic (exact) mass is 998 g/mol. The molecule has 2 aliphatic rings. The van der Waals surface area contributed by atoms with Crippen molar-refractivity contribution in [1.29, 1.82) is 0 Å². The Morgan fingerprint density at radius 3 is 0.958 bits per heavy atom. The first-order chi connectivity index (χ1) is 34.1. The third-order valence-corrected chi connectivity index (χ3v) is 16.1. The van der Waals surface area contributed by atoms with Gasteiger partial charge in [-0.3, -0.25) is 9.79 Å². The quantitative estimate of drug-likeness (QED) is 0.138. The van der Waals surface area contributed by atoms with Gasteiger partial charge < -0.3 is 18.1 Å². The van der Waals surface area contributed by atoms with Crippen molar-refractivity contribution < 1.29 is 37.0 Å². The molecule has 2 aliphatic heterocycles. The van der Waals surface area contributed by atoms with Gasteiger partial charge in [0.2, 0.25) is 0 Å². The predicted molar refractivity (Wildman–Crippen MR) is 295 cm³/mol. The van der Waals surface area contributed by atoms with E-state index in [0.717, 1.165) is 44.2 Å². The van der Waals surface area contributed by atoms with Crippen LogP contribution < -0.4 is 18.1 Å². The van der Waals surface area contributed by atoms with Gasteiger partial charge in [-0.05, 0) is 114 Å². The van der Waals surface area contributed by atoms with Crippen molar-refractivity contribution in [3.63, 3.8) is 0 Å². The molecule has 72 heavy (non-hydrogen) atoms. The van der Waals surface area contributed by atoms with Crippen LogP contribution in [0.3, 0.4) is 0 Å². The van der Waals surface area contributed by atoms with Crippen molar-refractivity contribution in [3.8, 4) is 78.6 Å². The smallest absolute Gasteiger partial charge is 0.394 e. The summed E-state index contributed by atoms with van der Waals surface area (Å²) in [6.45, 7) is 26.1. The molecule has 2 heterocycles. The Morgan fingerprint density at radius 2 is 0.639 bits per heavy atom. The van der Waals surface area contributed by atoms with Crippen molar-refractivity contribution in [2.45, 2.75) is 119 Å². The Hall–Kier alpha value is -6.14. The molecule has 2 unspecified atom stereocenters. The van der Waals surface area contributed by atoms with Gasteiger partial charge in [-0.15, -0.1) is 0 Å². The lowest BCUT2D eigenvalue weighted by Gasteiger charge is -2.25. The number of benzene rings is 8. The molecule has 10 rings (SSSR count). The number of rotatable bonds is 9. The van der Waals surface area contributed by atoms with Gasteiger partial charge in [-0.25, -0.2) is 9.13 Å². The molecule has 0 radical (unpaired) electrons. The third kappa shape index (κ3) is 8.54. The minimum Gasteiger partial charge on any atom is -0.394 e. The fraction of sp³-hybridized carbons (Fsp3) is 0.290. The second kappa shape index (κ2) is 18.4. The maximum absolute atomic E-state index is 14.9. The maximum Gasteiger partial charge on any atom is 0.584 e. The van der Waals surface area contributed by atoms with Gasteiger partial charge >= 0.3 is 15.6 Å². The zero-order valence-electron chi connectivity index (χ0n) is 43.2. The highest BCUT2D eigenvalue weighted by molar-refractivity contribution is 7.48. The van der Waals surface area contributed by atoms with Gasteiger partial charge in [0, 0.05) is 44.5 Å². The zero-order valence-corrected chi connectivity index (χ0v) is 45.0. The Morgan fingerprint density at radius 1 is 0.333 bits per heavy atom. The van der Waals surface area contributed by atoms with Crippen LogP contribution in [0.15, 0.2) is 121 Å². The Kier molecular flexibility index (Phi) is 12.6. The Balaban J connectivity index is 1.32. The molecule has 0 amide bonds. The second-order valence-corrected chi connectivity index (χ2v) is 24.0. The summed E-state index contributed by atoms with van der Waals surface area (Å²) in [5.74, 6) is 1.65. The summed E-state index contributed by atoms with van der Waals surface area (Å²) < 4.78 is 55.4. The lowest BCUT2D eigenvalue weighted by atomic mass is 9.80. The molecule has 10 heteroatoms. The highest BCUT2D eigenvalue weighted by Crippen LogP contribution is 2.65. The summed E-state index contributed by atoms with van der Waals surface area (Å²) in [7, 11) is -9.99. The van der Waals surface area contributed by atoms with Gasteiger partial charge in [-0.2, -0.15) is 0 Å². The van der Waals surface area contributed by atoms with E-state index in [9.17, 15) is 18.9 Å². The first-order valence-electron chi connectivity index (χ1n) is 25.3. The summed E-state index contributed by atoms with van der Waals surface area (Å²) in [6.07, 6.45) is 0. The molecule has 0 saturated carbocycles. The minimum atomic E-state index is -4.99. The van der Waals surface area contributed by atoms with Crippen LogP contribution in [0.1, 0.15) is 152 Å². The summed E-state index contributed by atoms with van der Waals surface area (Å²) in [4.78, 5) is 24.3. The molecule has 0 aromatic heterocycles. The zero-order chi connectivity index (χ0) is 51.3. The Labute approximate surface area is 424 Å². The van der Waals surface area contributed by atoms with Crippen LogP contribution in [0, 0.1) is 0 Å². The van der Waals surface area contributed by atoms with Gasteiger partial charge in [0.1, 0.15) is 23.0 Å². The highest BCUT2D eigenvalue weighted by atomic mass is 31.2. The van der Waals surface area contributed by atoms with E-state index >= 15 is 0 Å². The molecular formula is C62H64O8P2. The van der Waals surface area contributed by atoms with E-state index < -0.39 is 15.6 Å². The van der Waals surface area contributed by atoms with Crippen molar-refractivity contribution in [3.05, 3.63) is 155 Å². The van der Waals surface area contributed by atoms with Gasteiger partial charge in [0.15, 0.2) is 0 Å². The van der Waals surface area contributed by atoms with Crippen LogP contribution in [-0.2, 0) is 9.13 Å². The molecular weight excluding hydrogens is 935 g/mol. The van der Waals surface area contributed by atoms with E-state index in [0.29, 0.717) is 55.3 Å². The average molecular weight is 999 g/mol. The first-order valence-corrected chi connectivity index (χ1v) is 28.3. The van der Waals surface area contributed by atoms with E-state index in [-0.39, 0.29) is 58.5 Å². The molecule has 370 valence electrons. The maximum atomic E-state index is 14.9. The average Bonchev–Trinajstić information content (AvgIpc) is 3.52. The molecule has 0 aliphatic carbocycles. The first kappa shape index (κ1) is 49.4. The number of hydrogen-bond acceptors (Lipinski definition) is 6. The van der Waals surface area contributed by atoms with Gasteiger partial charge in [0.25, 0.3) is 0 Å². The van der Waals surface area contributed by atoms with Crippen molar-refractivity contribution in [2.24, 2.45) is 0 Å². The van der Waals surface area contributed by atoms with Crippen LogP contribution in [-0.4, -0.2) is 9.79 Å². The normalized spacial score (nSPS) is 17.3. The second-order valence-electron chi connectivity index (χ2n) is 21.4. The van der Waals surface area contributed by atoms with Gasteiger partial charge in [0.05, 0.1) is 0 Å². The molecule has 2 atom stereocenters. The van der Waals surface area contributed by atoms with E-state index in [1.54, 1.807) is 0 Å². The fourth-order valence-corrected chi connectivity index (χ4v) is 12.6. The summed E-state index contributed by atoms with van der Waals surface area (Å²) >= 11 is 0. The molecule has 8 aromatic carbocycles. The molecule has 0 fully saturated rings. The number of phosphoric ester groups is 2. The lowest BCUT2D eigenvalue weighted by molar-refractivity contribution is 0.292. The molecule has 8 nitrogen and oxygen atoms in total. The summed E-state index contributed by atoms with van der Waals surface area (Å²) in [5.41, 5.74) is 13.1. The fourth-order valence-electron chi connectivity index (χ4n) is 10.9. The number of hydrogen-bond donors (Lipinski definition) is 2. The van der Waals surface area contributed by atoms with Crippen LogP contribution in [0.4, 0.5) is 0 Å². The van der Waals surface area contributed by atoms with Crippen molar-refractivity contribution in [2.75, 3.05) is 0 Å². The van der Waals surface area contributed by atoms with E-state index in [1.807, 2.05) is 97.1 Å². The predicted octanol–water partition coefficient (Wildman–Crippen LogP) is 18.8. The Bertz CT molecular complexity index is 3310. The minimum absolute atomic E-state index is 0.0706. The van der Waals surface area contributed by atoms with Crippen molar-refractivity contribution >= 4 is 37.2 Å². The van der Waals surface area contributed by atoms with E-state index in [1.165, 1.54) is 11.1 Å². The van der Waals surface area contributed by atoms with Crippen LogP contribution >= 0.6 is 15.6 Å². The van der Waals surface area contributed by atoms with Crippen LogP contribution in [0.5, 0.6) is 23.0 Å². The SMILES string of the molecule is CC(C)c1cc(C(C)C)c(-c2cccc3c2OP(=O)(O)Oc2c-3cc3ccccc3c2-c2c3c(cc4ccccc24)-c2cccc(-c4c(C(C)C)cc(C(C)C)cc4C(C)C)c2OP(=O)(O)O3)c(C(C)C)c1. The van der Waals surface area contributed by atoms with Crippen molar-refractivity contribution in [1.82, 2.24) is 0 Å². The number of fused-ring (bicyclic) bond motifs is 8.